The van der Waals surface area contributed by atoms with Crippen molar-refractivity contribution in [2.45, 2.75) is 152 Å². The number of carbonyl (C=O) groups is 1. The number of esters is 1. The van der Waals surface area contributed by atoms with Gasteiger partial charge in [-0.3, -0.25) is 0 Å². The highest BCUT2D eigenvalue weighted by Crippen LogP contribution is 2.70. The van der Waals surface area contributed by atoms with Crippen molar-refractivity contribution in [1.29, 1.82) is 0 Å². The van der Waals surface area contributed by atoms with E-state index in [0.29, 0.717) is 18.4 Å². The predicted octanol–water partition coefficient (Wildman–Crippen LogP) is 1.31. The molecule has 0 radical (unpaired) electrons. The maximum Gasteiger partial charge on any atom is 0.331 e. The van der Waals surface area contributed by atoms with Gasteiger partial charge in [0, 0.05) is 17.9 Å². The first-order valence-corrected chi connectivity index (χ1v) is 17.8. The second-order valence-corrected chi connectivity index (χ2v) is 16.2. The fourth-order valence-corrected chi connectivity index (χ4v) is 11.3. The van der Waals surface area contributed by atoms with Gasteiger partial charge in [-0.05, 0) is 99.4 Å². The van der Waals surface area contributed by atoms with Gasteiger partial charge in [-0.1, -0.05) is 13.8 Å². The fraction of sp³-hybridized carbons (Fsp3) is 0.914. The Morgan fingerprint density at radius 2 is 1.68 bits per heavy atom. The zero-order chi connectivity index (χ0) is 33.5. The van der Waals surface area contributed by atoms with Crippen molar-refractivity contribution < 1.29 is 59.1 Å². The zero-order valence-electron chi connectivity index (χ0n) is 27.8. The Balaban J connectivity index is 0.958. The summed E-state index contributed by atoms with van der Waals surface area (Å²) in [6.07, 6.45) is 0.0861. The molecule has 3 aliphatic heterocycles. The van der Waals surface area contributed by atoms with Gasteiger partial charge in [0.2, 0.25) is 0 Å². The molecule has 12 heteroatoms. The first kappa shape index (κ1) is 34.3. The molecule has 12 nitrogen and oxygen atoms in total. The van der Waals surface area contributed by atoms with E-state index in [2.05, 4.69) is 13.8 Å². The molecule has 17 atom stereocenters. The summed E-state index contributed by atoms with van der Waals surface area (Å²) < 4.78 is 29.2. The SMILES string of the molecule is C[C@H]1O[C@H](O[C@H]2CC[C@@]3(C)[C@H](CC[C@@H]4[C@@H]3CC[C@]3(C)[C@@H](C5=CC(=O)OC5)CC[C@]43O)C2)C[C@H](O)[C@@H]1O[C@@H]1O[C@H](CO)[C@@H](O)[C@H](O)[C@H]1O. The maximum absolute atomic E-state index is 12.5. The molecule has 3 heterocycles. The average Bonchev–Trinajstić information content (AvgIpc) is 3.58. The number of hydrogen-bond acceptors (Lipinski definition) is 12. The molecule has 0 aromatic carbocycles. The van der Waals surface area contributed by atoms with Crippen molar-refractivity contribution >= 4 is 5.97 Å². The number of cyclic esters (lactones) is 1. The number of rotatable bonds is 6. The highest BCUT2D eigenvalue weighted by Gasteiger charge is 2.67. The van der Waals surface area contributed by atoms with Gasteiger partial charge in [0.15, 0.2) is 12.6 Å². The number of carbonyl (C=O) groups excluding carboxylic acids is 1. The van der Waals surface area contributed by atoms with Crippen LogP contribution in [0.2, 0.25) is 0 Å². The standard InChI is InChI=1S/C35H54O12/c1-17-31(47-32-30(41)29(40)28(39)25(15-36)46-32)24(37)14-27(44-17)45-20-6-9-33(2)19(13-20)4-5-23-22(33)7-10-34(3)21(8-11-35(23,34)42)18-12-26(38)43-16-18/h12,17,19-25,27-32,36-37,39-42H,4-11,13-16H2,1-3H3/t17-,19-,20+,21-,22+,23-,24+,25-,27-,28-,29+,30-,31-,32+,33+,34-,35+/m1/s1. The molecular weight excluding hydrogens is 612 g/mol. The molecule has 47 heavy (non-hydrogen) atoms. The summed E-state index contributed by atoms with van der Waals surface area (Å²) in [5.74, 6) is 1.06. The Kier molecular flexibility index (Phi) is 9.14. The molecule has 0 amide bonds. The summed E-state index contributed by atoms with van der Waals surface area (Å²) in [5.41, 5.74) is 0.164. The molecule has 266 valence electrons. The Morgan fingerprint density at radius 3 is 2.38 bits per heavy atom. The highest BCUT2D eigenvalue weighted by atomic mass is 16.7. The Bertz CT molecular complexity index is 1200. The van der Waals surface area contributed by atoms with Gasteiger partial charge < -0.3 is 54.3 Å². The molecule has 0 bridgehead atoms. The Morgan fingerprint density at radius 1 is 0.894 bits per heavy atom. The zero-order valence-corrected chi connectivity index (χ0v) is 27.8. The number of aliphatic hydroxyl groups is 6. The minimum Gasteiger partial charge on any atom is -0.458 e. The summed E-state index contributed by atoms with van der Waals surface area (Å²) in [7, 11) is 0. The van der Waals surface area contributed by atoms with Gasteiger partial charge in [0.25, 0.3) is 0 Å². The van der Waals surface area contributed by atoms with E-state index in [0.717, 1.165) is 63.4 Å². The predicted molar refractivity (Wildman–Crippen MR) is 164 cm³/mol. The lowest BCUT2D eigenvalue weighted by Crippen LogP contribution is -2.62. The van der Waals surface area contributed by atoms with Crippen molar-refractivity contribution in [2.24, 2.45) is 34.5 Å². The van der Waals surface area contributed by atoms with Gasteiger partial charge >= 0.3 is 5.97 Å². The second-order valence-electron chi connectivity index (χ2n) is 16.2. The third-order valence-electron chi connectivity index (χ3n) is 14.1. The summed E-state index contributed by atoms with van der Waals surface area (Å²) in [6, 6.07) is 0. The van der Waals surface area contributed by atoms with Gasteiger partial charge in [-0.25, -0.2) is 4.79 Å². The van der Waals surface area contributed by atoms with E-state index in [9.17, 15) is 35.4 Å². The van der Waals surface area contributed by atoms with Gasteiger partial charge in [0.1, 0.15) is 37.1 Å². The maximum atomic E-state index is 12.5. The average molecular weight is 667 g/mol. The summed E-state index contributed by atoms with van der Waals surface area (Å²) in [6.45, 7) is 6.22. The van der Waals surface area contributed by atoms with Crippen LogP contribution in [0.25, 0.3) is 0 Å². The van der Waals surface area contributed by atoms with E-state index in [1.165, 1.54) is 0 Å². The number of ether oxygens (including phenoxy) is 5. The molecule has 4 aliphatic carbocycles. The fourth-order valence-electron chi connectivity index (χ4n) is 11.3. The summed E-state index contributed by atoms with van der Waals surface area (Å²) in [5, 5.41) is 63.6. The van der Waals surface area contributed by atoms with Crippen LogP contribution in [0.5, 0.6) is 0 Å². The van der Waals surface area contributed by atoms with Crippen LogP contribution in [0.3, 0.4) is 0 Å². The molecule has 0 aromatic heterocycles. The third kappa shape index (κ3) is 5.53. The van der Waals surface area contributed by atoms with Crippen molar-refractivity contribution in [3.8, 4) is 0 Å². The van der Waals surface area contributed by atoms with Crippen LogP contribution in [-0.4, -0.2) is 117 Å². The Hall–Kier alpha value is -1.19. The van der Waals surface area contributed by atoms with Crippen molar-refractivity contribution in [3.63, 3.8) is 0 Å². The van der Waals surface area contributed by atoms with E-state index in [1.54, 1.807) is 13.0 Å². The Labute approximate surface area is 276 Å². The van der Waals surface area contributed by atoms with E-state index in [1.807, 2.05) is 0 Å². The monoisotopic (exact) mass is 666 g/mol. The second kappa shape index (κ2) is 12.5. The topological polar surface area (TPSA) is 185 Å². The van der Waals surface area contributed by atoms with E-state index in [4.69, 9.17) is 23.7 Å². The number of fused-ring (bicyclic) bond motifs is 5. The van der Waals surface area contributed by atoms with Crippen LogP contribution in [0.1, 0.15) is 85.0 Å². The smallest absolute Gasteiger partial charge is 0.331 e. The molecule has 6 N–H and O–H groups in total. The van der Waals surface area contributed by atoms with Crippen molar-refractivity contribution in [3.05, 3.63) is 11.6 Å². The minimum atomic E-state index is -1.57. The number of aliphatic hydroxyl groups excluding tert-OH is 5. The normalized spacial score (nSPS) is 54.7. The molecule has 0 aromatic rings. The summed E-state index contributed by atoms with van der Waals surface area (Å²) in [4.78, 5) is 11.9. The van der Waals surface area contributed by atoms with Crippen LogP contribution >= 0.6 is 0 Å². The quantitative estimate of drug-likeness (QED) is 0.177. The lowest BCUT2D eigenvalue weighted by molar-refractivity contribution is -0.344. The summed E-state index contributed by atoms with van der Waals surface area (Å²) >= 11 is 0. The van der Waals surface area contributed by atoms with Crippen LogP contribution in [-0.2, 0) is 28.5 Å². The van der Waals surface area contributed by atoms with Gasteiger partial charge in [0.05, 0.1) is 30.5 Å². The van der Waals surface area contributed by atoms with E-state index < -0.39 is 67.5 Å². The van der Waals surface area contributed by atoms with E-state index in [-0.39, 0.29) is 41.2 Å². The van der Waals surface area contributed by atoms with Crippen molar-refractivity contribution in [1.82, 2.24) is 0 Å². The molecule has 7 rings (SSSR count). The largest absolute Gasteiger partial charge is 0.458 e. The highest BCUT2D eigenvalue weighted by molar-refractivity contribution is 5.85. The van der Waals surface area contributed by atoms with Crippen LogP contribution in [0.4, 0.5) is 0 Å². The van der Waals surface area contributed by atoms with Crippen LogP contribution < -0.4 is 0 Å². The van der Waals surface area contributed by atoms with Crippen LogP contribution in [0, 0.1) is 34.5 Å². The molecule has 0 spiro atoms. The molecule has 7 aliphatic rings. The van der Waals surface area contributed by atoms with Gasteiger partial charge in [-0.15, -0.1) is 0 Å². The lowest BCUT2D eigenvalue weighted by Gasteiger charge is -2.64. The molecule has 6 fully saturated rings. The molecular formula is C35H54O12. The van der Waals surface area contributed by atoms with E-state index >= 15 is 0 Å². The third-order valence-corrected chi connectivity index (χ3v) is 14.1. The van der Waals surface area contributed by atoms with Crippen molar-refractivity contribution in [2.75, 3.05) is 13.2 Å². The first-order chi connectivity index (χ1) is 22.3. The molecule has 0 unspecified atom stereocenters. The molecule has 4 saturated carbocycles. The first-order valence-electron chi connectivity index (χ1n) is 17.8. The lowest BCUT2D eigenvalue weighted by atomic mass is 9.43. The van der Waals surface area contributed by atoms with Gasteiger partial charge in [-0.2, -0.15) is 0 Å². The van der Waals surface area contributed by atoms with Crippen LogP contribution in [0.15, 0.2) is 11.6 Å². The number of hydrogen-bond donors (Lipinski definition) is 6. The molecule has 2 saturated heterocycles. The minimum absolute atomic E-state index is 0.0171.